The lowest BCUT2D eigenvalue weighted by molar-refractivity contribution is -0.145. The minimum atomic E-state index is -0.440. The molecule has 3 aliphatic rings. The molecule has 1 fully saturated rings. The van der Waals surface area contributed by atoms with E-state index in [2.05, 4.69) is 5.43 Å². The van der Waals surface area contributed by atoms with E-state index in [4.69, 9.17) is 4.74 Å². The van der Waals surface area contributed by atoms with E-state index >= 15 is 0 Å². The molecule has 2 aliphatic carbocycles. The van der Waals surface area contributed by atoms with Crippen LogP contribution in [-0.2, 0) is 14.3 Å². The van der Waals surface area contributed by atoms with E-state index in [1.807, 2.05) is 5.01 Å². The number of ether oxygens (including phenoxy) is 1. The first kappa shape index (κ1) is 11.7. The number of carbonyl (C=O) groups is 2. The molecule has 0 amide bonds. The zero-order valence-electron chi connectivity index (χ0n) is 10.6. The Morgan fingerprint density at radius 1 is 1.44 bits per heavy atom. The van der Waals surface area contributed by atoms with E-state index in [1.165, 1.54) is 0 Å². The summed E-state index contributed by atoms with van der Waals surface area (Å²) in [5.74, 6) is -0.0923. The average molecular weight is 250 g/mol. The van der Waals surface area contributed by atoms with Crippen molar-refractivity contribution in [1.29, 1.82) is 0 Å². The van der Waals surface area contributed by atoms with Crippen LogP contribution in [0, 0.1) is 0 Å². The number of Topliss-reactive ketones (excluding diaryl/α,β-unsaturated/α-hetero) is 1. The minimum absolute atomic E-state index is 0.169. The molecule has 5 heteroatoms. The van der Waals surface area contributed by atoms with Gasteiger partial charge in [0.1, 0.15) is 6.04 Å². The third kappa shape index (κ3) is 1.82. The van der Waals surface area contributed by atoms with Crippen molar-refractivity contribution < 1.29 is 14.3 Å². The van der Waals surface area contributed by atoms with Crippen LogP contribution < -0.4 is 5.43 Å². The predicted molar refractivity (Wildman–Crippen MR) is 64.3 cm³/mol. The van der Waals surface area contributed by atoms with Crippen molar-refractivity contribution in [3.63, 3.8) is 0 Å². The van der Waals surface area contributed by atoms with Crippen molar-refractivity contribution in [3.05, 3.63) is 11.3 Å². The van der Waals surface area contributed by atoms with E-state index in [1.54, 1.807) is 6.92 Å². The van der Waals surface area contributed by atoms with Crippen LogP contribution in [0.4, 0.5) is 0 Å². The van der Waals surface area contributed by atoms with Crippen LogP contribution in [0.1, 0.15) is 39.0 Å². The lowest BCUT2D eigenvalue weighted by Crippen LogP contribution is -2.44. The van der Waals surface area contributed by atoms with Crippen LogP contribution in [-0.4, -0.2) is 35.5 Å². The van der Waals surface area contributed by atoms with Crippen LogP contribution in [0.3, 0.4) is 0 Å². The molecule has 98 valence electrons. The van der Waals surface area contributed by atoms with Crippen molar-refractivity contribution >= 4 is 11.8 Å². The maximum atomic E-state index is 12.1. The Labute approximate surface area is 106 Å². The summed E-state index contributed by atoms with van der Waals surface area (Å²) in [4.78, 5) is 24.0. The number of nitrogens with one attached hydrogen (secondary N) is 1. The summed E-state index contributed by atoms with van der Waals surface area (Å²) < 4.78 is 5.08. The molecule has 1 N–H and O–H groups in total. The van der Waals surface area contributed by atoms with Crippen molar-refractivity contribution in [2.75, 3.05) is 6.61 Å². The van der Waals surface area contributed by atoms with Gasteiger partial charge in [0.25, 0.3) is 0 Å². The van der Waals surface area contributed by atoms with Gasteiger partial charge >= 0.3 is 5.97 Å². The fourth-order valence-corrected chi connectivity index (χ4v) is 2.75. The maximum absolute atomic E-state index is 12.1. The Morgan fingerprint density at radius 2 is 2.22 bits per heavy atom. The molecule has 0 aromatic rings. The summed E-state index contributed by atoms with van der Waals surface area (Å²) in [5.41, 5.74) is 4.87. The molecule has 0 spiro atoms. The standard InChI is InChI=1S/C13H18N2O3/c1-2-18-13(17)11-9-4-3-5-10(16)12(9)15(14-11)8-6-7-8/h8,11,14H,2-7H2,1H3. The Kier molecular flexibility index (Phi) is 2.86. The van der Waals surface area contributed by atoms with Crippen LogP contribution in [0.2, 0.25) is 0 Å². The van der Waals surface area contributed by atoms with Gasteiger partial charge in [0.2, 0.25) is 0 Å². The second-order valence-electron chi connectivity index (χ2n) is 5.07. The van der Waals surface area contributed by atoms with Crippen molar-refractivity contribution in [2.24, 2.45) is 0 Å². The van der Waals surface area contributed by atoms with E-state index < -0.39 is 6.04 Å². The molecule has 1 atom stereocenters. The van der Waals surface area contributed by atoms with E-state index in [0.29, 0.717) is 19.1 Å². The number of carbonyl (C=O) groups excluding carboxylic acids is 2. The molecular formula is C13H18N2O3. The molecule has 1 saturated carbocycles. The molecule has 18 heavy (non-hydrogen) atoms. The van der Waals surface area contributed by atoms with Gasteiger partial charge in [0.05, 0.1) is 12.3 Å². The number of hydrazine groups is 1. The summed E-state index contributed by atoms with van der Waals surface area (Å²) in [7, 11) is 0. The van der Waals surface area contributed by atoms with Crippen LogP contribution >= 0.6 is 0 Å². The van der Waals surface area contributed by atoms with Crippen molar-refractivity contribution in [1.82, 2.24) is 10.4 Å². The highest BCUT2D eigenvalue weighted by Gasteiger charge is 2.45. The van der Waals surface area contributed by atoms with Gasteiger partial charge < -0.3 is 9.75 Å². The van der Waals surface area contributed by atoms with Crippen LogP contribution in [0.5, 0.6) is 0 Å². The fraction of sp³-hybridized carbons (Fsp3) is 0.692. The zero-order valence-corrected chi connectivity index (χ0v) is 10.6. The minimum Gasteiger partial charge on any atom is -0.465 e. The number of rotatable bonds is 3. The highest BCUT2D eigenvalue weighted by molar-refractivity contribution is 5.99. The predicted octanol–water partition coefficient (Wildman–Crippen LogP) is 0.908. The normalized spacial score (nSPS) is 27.5. The highest BCUT2D eigenvalue weighted by atomic mass is 16.5. The molecule has 0 aromatic carbocycles. The Bertz CT molecular complexity index is 426. The first-order valence-electron chi connectivity index (χ1n) is 6.70. The van der Waals surface area contributed by atoms with Gasteiger partial charge in [-0.2, -0.15) is 0 Å². The summed E-state index contributed by atoms with van der Waals surface area (Å²) in [6.45, 7) is 2.17. The van der Waals surface area contributed by atoms with Gasteiger partial charge in [-0.25, -0.2) is 10.2 Å². The molecule has 1 unspecified atom stereocenters. The Morgan fingerprint density at radius 3 is 2.89 bits per heavy atom. The first-order valence-corrected chi connectivity index (χ1v) is 6.70. The fourth-order valence-electron chi connectivity index (χ4n) is 2.75. The lowest BCUT2D eigenvalue weighted by atomic mass is 9.92. The third-order valence-electron chi connectivity index (χ3n) is 3.71. The van der Waals surface area contributed by atoms with Gasteiger partial charge in [-0.15, -0.1) is 0 Å². The second kappa shape index (κ2) is 4.39. The zero-order chi connectivity index (χ0) is 12.7. The molecule has 1 heterocycles. The van der Waals surface area contributed by atoms with Crippen molar-refractivity contribution in [3.8, 4) is 0 Å². The summed E-state index contributed by atoms with van der Waals surface area (Å²) >= 11 is 0. The maximum Gasteiger partial charge on any atom is 0.329 e. The molecule has 0 saturated heterocycles. The molecule has 5 nitrogen and oxygen atoms in total. The van der Waals surface area contributed by atoms with Gasteiger partial charge in [-0.1, -0.05) is 0 Å². The Hall–Kier alpha value is -1.36. The SMILES string of the molecule is CCOC(=O)C1NN(C2CC2)C2=C1CCCC2=O. The second-order valence-corrected chi connectivity index (χ2v) is 5.07. The quantitative estimate of drug-likeness (QED) is 0.754. The lowest BCUT2D eigenvalue weighted by Gasteiger charge is -2.22. The average Bonchev–Trinajstić information content (AvgIpc) is 3.11. The van der Waals surface area contributed by atoms with E-state index in [-0.39, 0.29) is 11.8 Å². The van der Waals surface area contributed by atoms with Gasteiger partial charge in [0, 0.05) is 12.5 Å². The van der Waals surface area contributed by atoms with Gasteiger partial charge in [-0.3, -0.25) is 4.79 Å². The summed E-state index contributed by atoms with van der Waals surface area (Å²) in [5, 5.41) is 1.93. The molecule has 0 bridgehead atoms. The number of nitrogens with zero attached hydrogens (tertiary/aromatic N) is 1. The smallest absolute Gasteiger partial charge is 0.329 e. The molecule has 1 aliphatic heterocycles. The topological polar surface area (TPSA) is 58.6 Å². The first-order chi connectivity index (χ1) is 8.72. The van der Waals surface area contributed by atoms with E-state index in [9.17, 15) is 9.59 Å². The highest BCUT2D eigenvalue weighted by Crippen LogP contribution is 2.38. The molecule has 0 aromatic heterocycles. The van der Waals surface area contributed by atoms with Crippen molar-refractivity contribution in [2.45, 2.75) is 51.1 Å². The van der Waals surface area contributed by atoms with Gasteiger partial charge in [-0.05, 0) is 38.2 Å². The van der Waals surface area contributed by atoms with Crippen LogP contribution in [0.25, 0.3) is 0 Å². The summed E-state index contributed by atoms with van der Waals surface area (Å²) in [6, 6.07) is -0.0544. The van der Waals surface area contributed by atoms with Crippen LogP contribution in [0.15, 0.2) is 11.3 Å². The number of allylic oxidation sites excluding steroid dienone is 1. The Balaban J connectivity index is 1.89. The number of esters is 1. The monoisotopic (exact) mass is 250 g/mol. The largest absolute Gasteiger partial charge is 0.465 e. The molecule has 3 rings (SSSR count). The number of ketones is 1. The summed E-state index contributed by atoms with van der Waals surface area (Å²) in [6.07, 6.45) is 4.44. The van der Waals surface area contributed by atoms with E-state index in [0.717, 1.165) is 37.0 Å². The molecule has 0 radical (unpaired) electrons. The number of hydrogen-bond donors (Lipinski definition) is 1. The number of hydrogen-bond acceptors (Lipinski definition) is 5. The molecular weight excluding hydrogens is 232 g/mol. The third-order valence-corrected chi connectivity index (χ3v) is 3.71. The van der Waals surface area contributed by atoms with Gasteiger partial charge in [0.15, 0.2) is 5.78 Å².